The summed E-state index contributed by atoms with van der Waals surface area (Å²) in [6.45, 7) is -0.199. The molecule has 4 aromatic rings. The molecule has 0 saturated heterocycles. The molecule has 0 atom stereocenters. The summed E-state index contributed by atoms with van der Waals surface area (Å²) in [4.78, 5) is 31.1. The summed E-state index contributed by atoms with van der Waals surface area (Å²) in [5.41, 5.74) is 3.83. The standard InChI is InChI=1S/C23H20N4O4S/c1-30-17-9-8-16(19(10-17)31-2)12-25-26-21(28)13-27-14-24-22-18(23(27)29)11-20(32-22)15-6-4-3-5-7-15/h3-12,14H,13H2,1-2H3,(H,26,28)/b25-12-. The van der Waals surface area contributed by atoms with E-state index < -0.39 is 5.91 Å². The van der Waals surface area contributed by atoms with Crippen LogP contribution in [0, 0.1) is 0 Å². The third kappa shape index (κ3) is 4.52. The van der Waals surface area contributed by atoms with Crippen molar-refractivity contribution in [1.29, 1.82) is 0 Å². The van der Waals surface area contributed by atoms with Crippen molar-refractivity contribution < 1.29 is 14.3 Å². The fourth-order valence-corrected chi connectivity index (χ4v) is 4.10. The van der Waals surface area contributed by atoms with Crippen LogP contribution in [0.1, 0.15) is 5.56 Å². The molecule has 2 aromatic heterocycles. The first-order valence-corrected chi connectivity index (χ1v) is 10.5. The van der Waals surface area contributed by atoms with Gasteiger partial charge < -0.3 is 9.47 Å². The summed E-state index contributed by atoms with van der Waals surface area (Å²) >= 11 is 1.44. The summed E-state index contributed by atoms with van der Waals surface area (Å²) in [6, 6.07) is 16.8. The Morgan fingerprint density at radius 3 is 2.72 bits per heavy atom. The lowest BCUT2D eigenvalue weighted by Gasteiger charge is -2.07. The predicted molar refractivity (Wildman–Crippen MR) is 125 cm³/mol. The second-order valence-corrected chi connectivity index (χ2v) is 7.80. The van der Waals surface area contributed by atoms with Gasteiger partial charge in [-0.15, -0.1) is 11.3 Å². The molecule has 1 N–H and O–H groups in total. The molecule has 2 aromatic carbocycles. The average molecular weight is 449 g/mol. The molecule has 162 valence electrons. The van der Waals surface area contributed by atoms with E-state index in [0.717, 1.165) is 10.4 Å². The minimum atomic E-state index is -0.449. The Labute approximate surface area is 187 Å². The maximum absolute atomic E-state index is 12.8. The zero-order chi connectivity index (χ0) is 22.5. The number of carbonyl (C=O) groups excluding carboxylic acids is 1. The molecule has 0 bridgehead atoms. The van der Waals surface area contributed by atoms with Crippen LogP contribution in [0.25, 0.3) is 20.7 Å². The van der Waals surface area contributed by atoms with Gasteiger partial charge in [-0.3, -0.25) is 14.2 Å². The van der Waals surface area contributed by atoms with Gasteiger partial charge in [0.15, 0.2) is 0 Å². The van der Waals surface area contributed by atoms with Crippen LogP contribution in [0.5, 0.6) is 11.5 Å². The van der Waals surface area contributed by atoms with E-state index in [9.17, 15) is 9.59 Å². The number of amides is 1. The third-order valence-electron chi connectivity index (χ3n) is 4.72. The van der Waals surface area contributed by atoms with Crippen molar-refractivity contribution in [3.8, 4) is 21.9 Å². The normalized spacial score (nSPS) is 11.1. The number of hydrazone groups is 1. The van der Waals surface area contributed by atoms with Crippen molar-refractivity contribution in [2.24, 2.45) is 5.10 Å². The second kappa shape index (κ2) is 9.44. The fourth-order valence-electron chi connectivity index (χ4n) is 3.11. The van der Waals surface area contributed by atoms with Gasteiger partial charge >= 0.3 is 0 Å². The summed E-state index contributed by atoms with van der Waals surface area (Å²) < 4.78 is 11.7. The van der Waals surface area contributed by atoms with Crippen molar-refractivity contribution in [3.05, 3.63) is 76.8 Å². The molecule has 1 amide bonds. The minimum absolute atomic E-state index is 0.199. The lowest BCUT2D eigenvalue weighted by Crippen LogP contribution is -2.29. The SMILES string of the molecule is COc1ccc(/C=N\NC(=O)Cn2cnc3sc(-c4ccccc4)cc3c2=O)c(OC)c1. The Bertz CT molecular complexity index is 1350. The number of nitrogens with zero attached hydrogens (tertiary/aromatic N) is 3. The molecule has 0 radical (unpaired) electrons. The van der Waals surface area contributed by atoms with E-state index in [1.807, 2.05) is 36.4 Å². The lowest BCUT2D eigenvalue weighted by atomic mass is 10.2. The molecule has 0 unspecified atom stereocenters. The maximum Gasteiger partial charge on any atom is 0.262 e. The van der Waals surface area contributed by atoms with Crippen LogP contribution >= 0.6 is 11.3 Å². The number of rotatable bonds is 7. The summed E-state index contributed by atoms with van der Waals surface area (Å²) in [6.07, 6.45) is 2.84. The van der Waals surface area contributed by atoms with Crippen LogP contribution in [0.2, 0.25) is 0 Å². The van der Waals surface area contributed by atoms with Crippen molar-refractivity contribution in [2.45, 2.75) is 6.54 Å². The average Bonchev–Trinajstić information content (AvgIpc) is 3.27. The lowest BCUT2D eigenvalue weighted by molar-refractivity contribution is -0.121. The number of benzene rings is 2. The first-order valence-electron chi connectivity index (χ1n) is 9.67. The highest BCUT2D eigenvalue weighted by atomic mass is 32.1. The van der Waals surface area contributed by atoms with E-state index in [-0.39, 0.29) is 12.1 Å². The zero-order valence-corrected chi connectivity index (χ0v) is 18.3. The van der Waals surface area contributed by atoms with Gasteiger partial charge in [0.1, 0.15) is 22.9 Å². The van der Waals surface area contributed by atoms with Gasteiger partial charge in [0, 0.05) is 16.5 Å². The molecule has 9 heteroatoms. The topological polar surface area (TPSA) is 94.8 Å². The molecule has 0 aliphatic carbocycles. The number of hydrogen-bond acceptors (Lipinski definition) is 7. The molecule has 0 saturated carbocycles. The van der Waals surface area contributed by atoms with E-state index in [4.69, 9.17) is 9.47 Å². The van der Waals surface area contributed by atoms with Gasteiger partial charge in [-0.25, -0.2) is 10.4 Å². The molecule has 8 nitrogen and oxygen atoms in total. The van der Waals surface area contributed by atoms with Crippen LogP contribution in [-0.2, 0) is 11.3 Å². The maximum atomic E-state index is 12.8. The van der Waals surface area contributed by atoms with Crippen LogP contribution in [-0.4, -0.2) is 35.9 Å². The largest absolute Gasteiger partial charge is 0.497 e. The molecule has 0 aliphatic heterocycles. The summed E-state index contributed by atoms with van der Waals surface area (Å²) in [7, 11) is 3.10. The van der Waals surface area contributed by atoms with Gasteiger partial charge in [-0.05, 0) is 23.8 Å². The zero-order valence-electron chi connectivity index (χ0n) is 17.4. The van der Waals surface area contributed by atoms with Crippen molar-refractivity contribution >= 4 is 33.7 Å². The Balaban J connectivity index is 1.47. The van der Waals surface area contributed by atoms with Gasteiger partial charge in [0.25, 0.3) is 11.5 Å². The Kier molecular flexibility index (Phi) is 6.27. The molecule has 4 rings (SSSR count). The van der Waals surface area contributed by atoms with E-state index >= 15 is 0 Å². The van der Waals surface area contributed by atoms with Crippen LogP contribution in [0.4, 0.5) is 0 Å². The Morgan fingerprint density at radius 2 is 1.97 bits per heavy atom. The molecule has 0 aliphatic rings. The van der Waals surface area contributed by atoms with Crippen molar-refractivity contribution in [3.63, 3.8) is 0 Å². The van der Waals surface area contributed by atoms with E-state index in [1.165, 1.54) is 35.6 Å². The Hall–Kier alpha value is -3.98. The first kappa shape index (κ1) is 21.3. The van der Waals surface area contributed by atoms with Crippen LogP contribution in [0.15, 0.2) is 70.8 Å². The fraction of sp³-hybridized carbons (Fsp3) is 0.130. The number of hydrogen-bond donors (Lipinski definition) is 1. The van der Waals surface area contributed by atoms with Crippen molar-refractivity contribution in [2.75, 3.05) is 14.2 Å². The molecule has 0 fully saturated rings. The molecule has 0 spiro atoms. The van der Waals surface area contributed by atoms with Gasteiger partial charge in [0.2, 0.25) is 0 Å². The predicted octanol–water partition coefficient (Wildman–Crippen LogP) is 3.29. The first-order chi connectivity index (χ1) is 15.6. The number of nitrogens with one attached hydrogen (secondary N) is 1. The molecular weight excluding hydrogens is 428 g/mol. The number of thiophene rings is 1. The highest BCUT2D eigenvalue weighted by Crippen LogP contribution is 2.30. The number of methoxy groups -OCH3 is 2. The van der Waals surface area contributed by atoms with E-state index in [0.29, 0.717) is 27.3 Å². The highest BCUT2D eigenvalue weighted by Gasteiger charge is 2.12. The molecule has 32 heavy (non-hydrogen) atoms. The third-order valence-corrected chi connectivity index (χ3v) is 5.82. The van der Waals surface area contributed by atoms with E-state index in [1.54, 1.807) is 25.3 Å². The number of carbonyl (C=O) groups is 1. The number of fused-ring (bicyclic) bond motifs is 1. The molecule has 2 heterocycles. The van der Waals surface area contributed by atoms with Crippen LogP contribution < -0.4 is 20.5 Å². The second-order valence-electron chi connectivity index (χ2n) is 6.77. The van der Waals surface area contributed by atoms with Gasteiger partial charge in [0.05, 0.1) is 32.1 Å². The summed E-state index contributed by atoms with van der Waals surface area (Å²) in [5, 5.41) is 4.44. The minimum Gasteiger partial charge on any atom is -0.497 e. The Morgan fingerprint density at radius 1 is 1.16 bits per heavy atom. The molecular formula is C23H20N4O4S. The smallest absolute Gasteiger partial charge is 0.262 e. The van der Waals surface area contributed by atoms with E-state index in [2.05, 4.69) is 15.5 Å². The number of aromatic nitrogens is 2. The quantitative estimate of drug-likeness (QED) is 0.346. The highest BCUT2D eigenvalue weighted by molar-refractivity contribution is 7.21. The van der Waals surface area contributed by atoms with Crippen LogP contribution in [0.3, 0.4) is 0 Å². The monoisotopic (exact) mass is 448 g/mol. The van der Waals surface area contributed by atoms with Gasteiger partial charge in [-0.1, -0.05) is 30.3 Å². The van der Waals surface area contributed by atoms with Gasteiger partial charge in [-0.2, -0.15) is 5.10 Å². The number of ether oxygens (including phenoxy) is 2. The van der Waals surface area contributed by atoms with Crippen molar-refractivity contribution in [1.82, 2.24) is 15.0 Å². The summed E-state index contributed by atoms with van der Waals surface area (Å²) in [5.74, 6) is 0.754.